The molecule has 1 aromatic rings. The zero-order chi connectivity index (χ0) is 11.8. The van der Waals surface area contributed by atoms with E-state index < -0.39 is 11.7 Å². The van der Waals surface area contributed by atoms with Gasteiger partial charge in [0.15, 0.2) is 0 Å². The zero-order valence-corrected chi connectivity index (χ0v) is 9.37. The minimum atomic E-state index is -0.408. The number of aryl methyl sites for hydroxylation is 1. The Morgan fingerprint density at radius 3 is 2.53 bits per heavy atom. The van der Waals surface area contributed by atoms with Gasteiger partial charge in [-0.05, 0) is 6.07 Å². The molecule has 1 aromatic heterocycles. The Labute approximate surface area is 88.3 Å². The summed E-state index contributed by atoms with van der Waals surface area (Å²) in [5, 5.41) is 4.73. The van der Waals surface area contributed by atoms with Gasteiger partial charge in [-0.2, -0.15) is 4.98 Å². The standard InChI is InChI=1S/C7H10N4O2.C2H6/c1-8-6(12)9-5-3-4-11(2)7(13)10-5;1-2/h3-4H,1-2H3,(H2,8,9,10,12,13);1-2H3. The molecule has 1 rings (SSSR count). The van der Waals surface area contributed by atoms with Crippen LogP contribution in [0.5, 0.6) is 0 Å². The first-order valence-corrected chi connectivity index (χ1v) is 4.66. The molecule has 15 heavy (non-hydrogen) atoms. The second-order valence-electron chi connectivity index (χ2n) is 2.41. The first kappa shape index (κ1) is 13.2. The highest BCUT2D eigenvalue weighted by Crippen LogP contribution is 1.95. The van der Waals surface area contributed by atoms with Crippen molar-refractivity contribution in [1.82, 2.24) is 14.9 Å². The van der Waals surface area contributed by atoms with E-state index in [9.17, 15) is 9.59 Å². The quantitative estimate of drug-likeness (QED) is 0.714. The van der Waals surface area contributed by atoms with Gasteiger partial charge in [0.2, 0.25) is 0 Å². The Morgan fingerprint density at radius 1 is 1.47 bits per heavy atom. The molecule has 1 heterocycles. The fraction of sp³-hybridized carbons (Fsp3) is 0.444. The number of nitrogens with one attached hydrogen (secondary N) is 2. The van der Waals surface area contributed by atoms with E-state index in [1.165, 1.54) is 23.9 Å². The predicted octanol–water partition coefficient (Wildman–Crippen LogP) is 0.558. The minimum Gasteiger partial charge on any atom is -0.341 e. The fourth-order valence-corrected chi connectivity index (χ4v) is 0.714. The number of anilines is 1. The molecule has 0 fully saturated rings. The zero-order valence-electron chi connectivity index (χ0n) is 9.37. The van der Waals surface area contributed by atoms with Crippen molar-refractivity contribution >= 4 is 11.8 Å². The van der Waals surface area contributed by atoms with Crippen molar-refractivity contribution < 1.29 is 4.79 Å². The summed E-state index contributed by atoms with van der Waals surface area (Å²) >= 11 is 0. The van der Waals surface area contributed by atoms with Gasteiger partial charge in [-0.15, -0.1) is 0 Å². The molecule has 0 unspecified atom stereocenters. The highest BCUT2D eigenvalue weighted by atomic mass is 16.2. The fourth-order valence-electron chi connectivity index (χ4n) is 0.714. The van der Waals surface area contributed by atoms with Gasteiger partial charge in [0.05, 0.1) is 0 Å². The Bertz CT molecular complexity index is 373. The molecule has 0 bridgehead atoms. The van der Waals surface area contributed by atoms with Crippen LogP contribution in [0.2, 0.25) is 0 Å². The highest BCUT2D eigenvalue weighted by Gasteiger charge is 2.00. The van der Waals surface area contributed by atoms with Gasteiger partial charge in [-0.1, -0.05) is 13.8 Å². The Morgan fingerprint density at radius 2 is 2.07 bits per heavy atom. The summed E-state index contributed by atoms with van der Waals surface area (Å²) in [7, 11) is 3.06. The maximum absolute atomic E-state index is 11.0. The average molecular weight is 212 g/mol. The van der Waals surface area contributed by atoms with Crippen molar-refractivity contribution in [2.45, 2.75) is 13.8 Å². The molecule has 0 aliphatic rings. The summed E-state index contributed by atoms with van der Waals surface area (Å²) in [4.78, 5) is 25.4. The largest absolute Gasteiger partial charge is 0.349 e. The smallest absolute Gasteiger partial charge is 0.341 e. The molecule has 0 spiro atoms. The number of carbonyl (C=O) groups excluding carboxylic acids is 1. The molecule has 0 radical (unpaired) electrons. The molecule has 6 heteroatoms. The van der Waals surface area contributed by atoms with Gasteiger partial charge in [0.25, 0.3) is 0 Å². The molecule has 0 atom stereocenters. The molecule has 0 saturated heterocycles. The summed E-state index contributed by atoms with van der Waals surface area (Å²) < 4.78 is 1.31. The molecule has 0 aliphatic carbocycles. The van der Waals surface area contributed by atoms with Crippen molar-refractivity contribution in [2.75, 3.05) is 12.4 Å². The van der Waals surface area contributed by atoms with E-state index in [1.807, 2.05) is 13.8 Å². The van der Waals surface area contributed by atoms with E-state index in [4.69, 9.17) is 0 Å². The van der Waals surface area contributed by atoms with Crippen LogP contribution in [0.1, 0.15) is 13.8 Å². The molecule has 2 N–H and O–H groups in total. The van der Waals surface area contributed by atoms with E-state index in [0.717, 1.165) is 0 Å². The number of nitrogens with zero attached hydrogens (tertiary/aromatic N) is 2. The average Bonchev–Trinajstić information content (AvgIpc) is 2.26. The third-order valence-electron chi connectivity index (χ3n) is 1.44. The number of urea groups is 1. The van der Waals surface area contributed by atoms with Crippen LogP contribution in [0.3, 0.4) is 0 Å². The maximum atomic E-state index is 11.0. The van der Waals surface area contributed by atoms with Crippen molar-refractivity contribution in [3.63, 3.8) is 0 Å². The SMILES string of the molecule is CC.CNC(=O)Nc1ccn(C)c(=O)n1. The molecule has 0 saturated carbocycles. The summed E-state index contributed by atoms with van der Waals surface area (Å²) in [6, 6.07) is 1.14. The van der Waals surface area contributed by atoms with Crippen LogP contribution in [0, 0.1) is 0 Å². The third-order valence-corrected chi connectivity index (χ3v) is 1.44. The lowest BCUT2D eigenvalue weighted by Crippen LogP contribution is -2.27. The number of rotatable bonds is 1. The summed E-state index contributed by atoms with van der Waals surface area (Å²) in [6.45, 7) is 4.00. The van der Waals surface area contributed by atoms with Crippen LogP contribution >= 0.6 is 0 Å². The van der Waals surface area contributed by atoms with Gasteiger partial charge >= 0.3 is 11.7 Å². The Kier molecular flexibility index (Phi) is 5.77. The lowest BCUT2D eigenvalue weighted by Gasteiger charge is -2.02. The van der Waals surface area contributed by atoms with Gasteiger partial charge in [-0.25, -0.2) is 9.59 Å². The topological polar surface area (TPSA) is 76.0 Å². The van der Waals surface area contributed by atoms with Gasteiger partial charge < -0.3 is 9.88 Å². The second-order valence-corrected chi connectivity index (χ2v) is 2.41. The van der Waals surface area contributed by atoms with E-state index in [0.29, 0.717) is 0 Å². The van der Waals surface area contributed by atoms with Gasteiger partial charge in [-0.3, -0.25) is 5.32 Å². The monoisotopic (exact) mass is 212 g/mol. The van der Waals surface area contributed by atoms with E-state index in [-0.39, 0.29) is 5.82 Å². The van der Waals surface area contributed by atoms with E-state index in [2.05, 4.69) is 15.6 Å². The van der Waals surface area contributed by atoms with Crippen molar-refractivity contribution in [3.8, 4) is 0 Å². The molecular weight excluding hydrogens is 196 g/mol. The van der Waals surface area contributed by atoms with Gasteiger partial charge in [0.1, 0.15) is 5.82 Å². The van der Waals surface area contributed by atoms with Crippen LogP contribution in [-0.2, 0) is 7.05 Å². The van der Waals surface area contributed by atoms with Crippen LogP contribution < -0.4 is 16.3 Å². The molecular formula is C9H16N4O2. The highest BCUT2D eigenvalue weighted by molar-refractivity contribution is 5.87. The van der Waals surface area contributed by atoms with Crippen LogP contribution in [0.4, 0.5) is 10.6 Å². The third kappa shape index (κ3) is 4.26. The lowest BCUT2D eigenvalue weighted by atomic mass is 10.6. The molecule has 0 aliphatic heterocycles. The van der Waals surface area contributed by atoms with Crippen LogP contribution in [-0.4, -0.2) is 22.6 Å². The molecule has 2 amide bonds. The van der Waals surface area contributed by atoms with Crippen LogP contribution in [0.15, 0.2) is 17.1 Å². The normalized spacial score (nSPS) is 8.53. The summed E-state index contributed by atoms with van der Waals surface area (Å²) in [6.07, 6.45) is 1.53. The Balaban J connectivity index is 0.000000921. The first-order valence-electron chi connectivity index (χ1n) is 4.66. The number of aromatic nitrogens is 2. The first-order chi connectivity index (χ1) is 7.13. The predicted molar refractivity (Wildman–Crippen MR) is 58.9 cm³/mol. The second kappa shape index (κ2) is 6.58. The number of hydrogen-bond acceptors (Lipinski definition) is 3. The van der Waals surface area contributed by atoms with Crippen LogP contribution in [0.25, 0.3) is 0 Å². The number of hydrogen-bond donors (Lipinski definition) is 2. The maximum Gasteiger partial charge on any atom is 0.349 e. The van der Waals surface area contributed by atoms with Crippen molar-refractivity contribution in [3.05, 3.63) is 22.7 Å². The molecule has 6 nitrogen and oxygen atoms in total. The minimum absolute atomic E-state index is 0.238. The number of amides is 2. The summed E-state index contributed by atoms with van der Waals surface area (Å²) in [5.74, 6) is 0.238. The van der Waals surface area contributed by atoms with Crippen molar-refractivity contribution in [1.29, 1.82) is 0 Å². The summed E-state index contributed by atoms with van der Waals surface area (Å²) in [5.41, 5.74) is -0.408. The van der Waals surface area contributed by atoms with E-state index in [1.54, 1.807) is 7.05 Å². The molecule has 0 aromatic carbocycles. The van der Waals surface area contributed by atoms with Crippen molar-refractivity contribution in [2.24, 2.45) is 7.05 Å². The number of carbonyl (C=O) groups is 1. The van der Waals surface area contributed by atoms with Gasteiger partial charge in [0, 0.05) is 20.3 Å². The molecule has 84 valence electrons. The lowest BCUT2D eigenvalue weighted by molar-refractivity contribution is 0.254. The van der Waals surface area contributed by atoms with E-state index >= 15 is 0 Å². The Hall–Kier alpha value is -1.85.